The molecule has 0 fully saturated rings. The Hall–Kier alpha value is -2.07. The van der Waals surface area contributed by atoms with Gasteiger partial charge in [0.2, 0.25) is 0 Å². The molecular formula is C13H10ClNO3. The second-order valence-electron chi connectivity index (χ2n) is 3.67. The molecule has 4 nitrogen and oxygen atoms in total. The fourth-order valence-electron chi connectivity index (χ4n) is 1.32. The molecular weight excluding hydrogens is 254 g/mol. The topological polar surface area (TPSA) is 48.3 Å². The Balaban J connectivity index is 0.000000164. The minimum atomic E-state index is -0.570. The van der Waals surface area contributed by atoms with Crippen LogP contribution in [0.25, 0.3) is 11.1 Å². The first-order valence-corrected chi connectivity index (χ1v) is 5.61. The number of hydrogen-bond acceptors (Lipinski definition) is 3. The van der Waals surface area contributed by atoms with Gasteiger partial charge < -0.3 is 4.84 Å². The summed E-state index contributed by atoms with van der Waals surface area (Å²) in [5.41, 5.74) is 2.42. The van der Waals surface area contributed by atoms with Crippen LogP contribution in [0.15, 0.2) is 47.4 Å². The Kier molecular flexibility index (Phi) is 3.48. The predicted octanol–water partition coefficient (Wildman–Crippen LogP) is 2.14. The second-order valence-corrected chi connectivity index (χ2v) is 4.11. The normalized spacial score (nSPS) is 10.1. The first-order valence-electron chi connectivity index (χ1n) is 5.24. The number of nitrogens with zero attached hydrogens (tertiary/aromatic N) is 1. The zero-order valence-electron chi connectivity index (χ0n) is 9.59. The van der Waals surface area contributed by atoms with Gasteiger partial charge in [-0.1, -0.05) is 35.9 Å². The monoisotopic (exact) mass is 263 g/mol. The van der Waals surface area contributed by atoms with E-state index in [1.54, 1.807) is 0 Å². The maximum atomic E-state index is 10.9. The summed E-state index contributed by atoms with van der Waals surface area (Å²) in [5, 5.41) is 0.329. The molecule has 0 N–H and O–H groups in total. The van der Waals surface area contributed by atoms with Crippen molar-refractivity contribution in [2.24, 2.45) is 0 Å². The first-order chi connectivity index (χ1) is 8.56. The van der Waals surface area contributed by atoms with Crippen LogP contribution in [0.1, 0.15) is 6.92 Å². The van der Waals surface area contributed by atoms with E-state index in [1.165, 1.54) is 36.4 Å². The highest BCUT2D eigenvalue weighted by atomic mass is 35.5. The molecule has 0 amide bonds. The van der Waals surface area contributed by atoms with Gasteiger partial charge in [0.1, 0.15) is 0 Å². The van der Waals surface area contributed by atoms with Crippen molar-refractivity contribution in [1.82, 2.24) is 4.73 Å². The minimum absolute atomic E-state index is 0.329. The molecule has 1 aromatic rings. The van der Waals surface area contributed by atoms with Gasteiger partial charge in [0.15, 0.2) is 0 Å². The minimum Gasteiger partial charge on any atom is -0.334 e. The van der Waals surface area contributed by atoms with E-state index in [0.717, 1.165) is 4.73 Å². The summed E-state index contributed by atoms with van der Waals surface area (Å²) in [6.45, 7) is 1.20. The van der Waals surface area contributed by atoms with Crippen molar-refractivity contribution in [1.29, 1.82) is 0 Å². The Morgan fingerprint density at radius 1 is 1.11 bits per heavy atom. The van der Waals surface area contributed by atoms with Crippen LogP contribution in [0, 0.1) is 0 Å². The van der Waals surface area contributed by atoms with Crippen molar-refractivity contribution in [3.05, 3.63) is 58.0 Å². The van der Waals surface area contributed by atoms with E-state index in [-0.39, 0.29) is 0 Å². The standard InChI is InChI=1S/C7H6ClNO3.C6H4/c1-5(10)12-9-4-6(8)2-3-7(9)11;1-2-6-4-3-5(1)6/h2-4H,1H3;1-4H. The van der Waals surface area contributed by atoms with Crippen LogP contribution in [0.4, 0.5) is 0 Å². The Morgan fingerprint density at radius 3 is 2.06 bits per heavy atom. The van der Waals surface area contributed by atoms with Gasteiger partial charge in [-0.25, -0.2) is 4.79 Å². The lowest BCUT2D eigenvalue weighted by Gasteiger charge is -2.10. The van der Waals surface area contributed by atoms with E-state index in [2.05, 4.69) is 29.1 Å². The van der Waals surface area contributed by atoms with E-state index < -0.39 is 11.5 Å². The number of hydrogen-bond donors (Lipinski definition) is 0. The Bertz CT molecular complexity index is 610. The Morgan fingerprint density at radius 2 is 1.67 bits per heavy atom. The largest absolute Gasteiger partial charge is 0.334 e. The number of pyridine rings is 1. The molecule has 0 radical (unpaired) electrons. The van der Waals surface area contributed by atoms with Crippen LogP contribution in [0.2, 0.25) is 5.02 Å². The van der Waals surface area contributed by atoms with Gasteiger partial charge >= 0.3 is 5.97 Å². The SMILES string of the molecule is CC(=O)On1cc(Cl)ccc1=O.c1cc2ccc1-2. The summed E-state index contributed by atoms with van der Waals surface area (Å²) in [5.74, 6) is -0.570. The van der Waals surface area contributed by atoms with E-state index in [9.17, 15) is 9.59 Å². The van der Waals surface area contributed by atoms with E-state index in [0.29, 0.717) is 5.02 Å². The van der Waals surface area contributed by atoms with Crippen LogP contribution < -0.4 is 10.4 Å². The third-order valence-electron chi connectivity index (χ3n) is 2.29. The van der Waals surface area contributed by atoms with Crippen molar-refractivity contribution >= 4 is 17.6 Å². The summed E-state index contributed by atoms with van der Waals surface area (Å²) < 4.78 is 0.782. The van der Waals surface area contributed by atoms with Crippen molar-refractivity contribution in [3.8, 4) is 11.1 Å². The van der Waals surface area contributed by atoms with Crippen LogP contribution in [0.3, 0.4) is 0 Å². The lowest BCUT2D eigenvalue weighted by Crippen LogP contribution is -2.28. The van der Waals surface area contributed by atoms with Gasteiger partial charge in [-0.3, -0.25) is 4.79 Å². The van der Waals surface area contributed by atoms with Gasteiger partial charge in [0, 0.05) is 13.0 Å². The lowest BCUT2D eigenvalue weighted by molar-refractivity contribution is -0.141. The van der Waals surface area contributed by atoms with Crippen LogP contribution in [-0.4, -0.2) is 10.7 Å². The average Bonchev–Trinajstić information content (AvgIpc) is 2.29. The average molecular weight is 264 g/mol. The smallest absolute Gasteiger partial charge is 0.330 e. The zero-order valence-corrected chi connectivity index (χ0v) is 10.3. The third-order valence-corrected chi connectivity index (χ3v) is 2.51. The van der Waals surface area contributed by atoms with Crippen molar-refractivity contribution in [2.45, 2.75) is 6.92 Å². The summed E-state index contributed by atoms with van der Waals surface area (Å²) >= 11 is 5.55. The number of aromatic nitrogens is 1. The van der Waals surface area contributed by atoms with Gasteiger partial charge in [-0.05, 0) is 17.2 Å². The first kappa shape index (κ1) is 12.4. The molecule has 0 bridgehead atoms. The molecule has 0 unspecified atom stereocenters. The summed E-state index contributed by atoms with van der Waals surface area (Å²) in [6, 6.07) is 11.1. The molecule has 0 saturated heterocycles. The predicted molar refractivity (Wildman–Crippen MR) is 68.4 cm³/mol. The summed E-state index contributed by atoms with van der Waals surface area (Å²) in [7, 11) is 0. The van der Waals surface area contributed by atoms with Gasteiger partial charge in [0.05, 0.1) is 11.2 Å². The lowest BCUT2D eigenvalue weighted by atomic mass is 9.95. The van der Waals surface area contributed by atoms with Crippen LogP contribution >= 0.6 is 11.6 Å². The summed E-state index contributed by atoms with van der Waals surface area (Å²) in [6.07, 6.45) is 1.23. The highest BCUT2D eigenvalue weighted by Gasteiger charge is 2.04. The highest BCUT2D eigenvalue weighted by Crippen LogP contribution is 2.29. The molecule has 0 atom stereocenters. The maximum absolute atomic E-state index is 10.9. The van der Waals surface area contributed by atoms with Crippen LogP contribution in [-0.2, 0) is 4.79 Å². The molecule has 0 aliphatic heterocycles. The maximum Gasteiger partial charge on any atom is 0.330 e. The fourth-order valence-corrected chi connectivity index (χ4v) is 1.47. The van der Waals surface area contributed by atoms with E-state index >= 15 is 0 Å². The number of benzene rings is 1. The van der Waals surface area contributed by atoms with E-state index in [1.807, 2.05) is 0 Å². The molecule has 2 aliphatic carbocycles. The van der Waals surface area contributed by atoms with Crippen LogP contribution in [0.5, 0.6) is 0 Å². The molecule has 5 heteroatoms. The molecule has 2 aliphatic rings. The van der Waals surface area contributed by atoms with Gasteiger partial charge in [-0.2, -0.15) is 0 Å². The second kappa shape index (κ2) is 5.06. The van der Waals surface area contributed by atoms with Crippen molar-refractivity contribution < 1.29 is 9.63 Å². The van der Waals surface area contributed by atoms with E-state index in [4.69, 9.17) is 11.6 Å². The molecule has 0 saturated carbocycles. The molecule has 92 valence electrons. The number of halogens is 1. The van der Waals surface area contributed by atoms with Gasteiger partial charge in [-0.15, -0.1) is 4.73 Å². The Labute approximate surface area is 108 Å². The number of carbonyl (C=O) groups excluding carboxylic acids is 1. The third kappa shape index (κ3) is 2.78. The molecule has 3 rings (SSSR count). The molecule has 0 spiro atoms. The number of rotatable bonds is 1. The summed E-state index contributed by atoms with van der Waals surface area (Å²) in [4.78, 5) is 25.9. The molecule has 18 heavy (non-hydrogen) atoms. The van der Waals surface area contributed by atoms with Crippen molar-refractivity contribution in [2.75, 3.05) is 0 Å². The molecule has 0 aromatic carbocycles. The van der Waals surface area contributed by atoms with Crippen molar-refractivity contribution in [3.63, 3.8) is 0 Å². The van der Waals surface area contributed by atoms with Gasteiger partial charge in [0.25, 0.3) is 5.56 Å². The number of fused-ring (bicyclic) bond motifs is 1. The fraction of sp³-hybridized carbons (Fsp3) is 0.0769. The zero-order chi connectivity index (χ0) is 13.1. The molecule has 1 heterocycles. The molecule has 1 aromatic heterocycles. The number of carbonyl (C=O) groups is 1. The quantitative estimate of drug-likeness (QED) is 0.676. The highest BCUT2D eigenvalue weighted by molar-refractivity contribution is 6.30.